The van der Waals surface area contributed by atoms with E-state index in [4.69, 9.17) is 9.88 Å². The fraction of sp³-hybridized carbons (Fsp3) is 0. The van der Waals surface area contributed by atoms with E-state index >= 15 is 0 Å². The average molecular weight is 379 g/mol. The summed E-state index contributed by atoms with van der Waals surface area (Å²) in [5.74, 6) is 1.59. The lowest BCUT2D eigenvalue weighted by Gasteiger charge is -2.21. The summed E-state index contributed by atoms with van der Waals surface area (Å²) in [7, 11) is -3.92. The second-order valence-electron chi connectivity index (χ2n) is 6.23. The molecule has 3 aromatic carbocycles. The van der Waals surface area contributed by atoms with Crippen LogP contribution in [-0.2, 0) is 10.0 Å². The molecule has 0 amide bonds. The lowest BCUT2D eigenvalue weighted by atomic mass is 10.1. The number of phenols is 1. The van der Waals surface area contributed by atoms with Crippen molar-refractivity contribution in [3.63, 3.8) is 0 Å². The van der Waals surface area contributed by atoms with Crippen LogP contribution in [-0.4, -0.2) is 23.1 Å². The molecule has 2 heterocycles. The number of sulfonamides is 1. The third-order valence-corrected chi connectivity index (χ3v) is 5.34. The molecule has 4 aromatic rings. The predicted molar refractivity (Wildman–Crippen MR) is 99.6 cm³/mol. The third kappa shape index (κ3) is 2.38. The molecule has 0 aliphatic carbocycles. The molecule has 0 unspecified atom stereocenters. The number of primary sulfonamides is 1. The molecule has 1 aliphatic rings. The van der Waals surface area contributed by atoms with Crippen molar-refractivity contribution in [2.45, 2.75) is 4.90 Å². The van der Waals surface area contributed by atoms with Gasteiger partial charge in [-0.25, -0.2) is 18.5 Å². The molecule has 0 bridgehead atoms. The van der Waals surface area contributed by atoms with Gasteiger partial charge in [0.2, 0.25) is 10.0 Å². The summed E-state index contributed by atoms with van der Waals surface area (Å²) in [6.45, 7) is 0. The Morgan fingerprint density at radius 2 is 1.81 bits per heavy atom. The van der Waals surface area contributed by atoms with Crippen molar-refractivity contribution >= 4 is 21.1 Å². The summed E-state index contributed by atoms with van der Waals surface area (Å²) in [5.41, 5.74) is 2.53. The normalized spacial score (nSPS) is 12.6. The minimum Gasteiger partial charge on any atom is -0.508 e. The van der Waals surface area contributed by atoms with Gasteiger partial charge in [0.1, 0.15) is 17.1 Å². The van der Waals surface area contributed by atoms with Gasteiger partial charge in [0.15, 0.2) is 11.5 Å². The van der Waals surface area contributed by atoms with Crippen LogP contribution in [0.15, 0.2) is 65.6 Å². The van der Waals surface area contributed by atoms with Crippen molar-refractivity contribution in [1.82, 2.24) is 9.55 Å². The number of para-hydroxylation sites is 2. The second-order valence-corrected chi connectivity index (χ2v) is 7.79. The number of rotatable bonds is 2. The van der Waals surface area contributed by atoms with Crippen molar-refractivity contribution in [2.24, 2.45) is 5.14 Å². The summed E-state index contributed by atoms with van der Waals surface area (Å²) >= 11 is 0. The van der Waals surface area contributed by atoms with Gasteiger partial charge in [-0.3, -0.25) is 4.57 Å². The molecule has 0 radical (unpaired) electrons. The number of nitrogens with two attached hydrogens (primary N) is 1. The Balaban J connectivity index is 1.93. The number of aromatic nitrogens is 2. The third-order valence-electron chi connectivity index (χ3n) is 4.45. The van der Waals surface area contributed by atoms with Crippen LogP contribution in [0.25, 0.3) is 28.1 Å². The predicted octanol–water partition coefficient (Wildman–Crippen LogP) is 3.15. The Labute approximate surface area is 154 Å². The van der Waals surface area contributed by atoms with Crippen LogP contribution in [0.3, 0.4) is 0 Å². The Morgan fingerprint density at radius 1 is 1.00 bits per heavy atom. The number of imidazole rings is 1. The zero-order chi connectivity index (χ0) is 18.8. The lowest BCUT2D eigenvalue weighted by molar-refractivity contribution is 0.474. The molecule has 0 fully saturated rings. The average Bonchev–Trinajstić information content (AvgIpc) is 3.02. The van der Waals surface area contributed by atoms with Crippen LogP contribution < -0.4 is 9.88 Å². The number of ether oxygens (including phenoxy) is 1. The minimum absolute atomic E-state index is 0.0727. The summed E-state index contributed by atoms with van der Waals surface area (Å²) in [4.78, 5) is 4.55. The molecule has 1 aromatic heterocycles. The summed E-state index contributed by atoms with van der Waals surface area (Å²) in [6.07, 6.45) is 0. The molecular weight excluding hydrogens is 366 g/mol. The maximum atomic E-state index is 11.9. The zero-order valence-electron chi connectivity index (χ0n) is 13.8. The highest BCUT2D eigenvalue weighted by atomic mass is 32.2. The molecule has 5 rings (SSSR count). The smallest absolute Gasteiger partial charge is 0.238 e. The molecule has 0 atom stereocenters. The SMILES string of the molecule is NS(=O)(=O)c1cc2c3c(c1)nc(-c1cccc(O)c1)n3-c1ccccc1O2. The molecule has 3 N–H and O–H groups in total. The van der Waals surface area contributed by atoms with Gasteiger partial charge in [0.05, 0.1) is 16.1 Å². The van der Waals surface area contributed by atoms with E-state index in [0.717, 1.165) is 5.69 Å². The molecule has 0 spiro atoms. The summed E-state index contributed by atoms with van der Waals surface area (Å²) in [6, 6.07) is 16.9. The number of hydrogen-bond acceptors (Lipinski definition) is 5. The Morgan fingerprint density at radius 3 is 2.59 bits per heavy atom. The van der Waals surface area contributed by atoms with Crippen molar-refractivity contribution in [2.75, 3.05) is 0 Å². The minimum atomic E-state index is -3.92. The van der Waals surface area contributed by atoms with E-state index in [9.17, 15) is 13.5 Å². The summed E-state index contributed by atoms with van der Waals surface area (Å²) in [5, 5.41) is 15.2. The molecule has 134 valence electrons. The number of benzene rings is 3. The Bertz CT molecular complexity index is 1340. The fourth-order valence-corrected chi connectivity index (χ4v) is 3.86. The number of fused-ring (bicyclic) bond motifs is 2. The highest BCUT2D eigenvalue weighted by molar-refractivity contribution is 7.89. The first kappa shape index (κ1) is 15.9. The molecule has 8 heteroatoms. The van der Waals surface area contributed by atoms with E-state index in [1.165, 1.54) is 12.1 Å². The Hall–Kier alpha value is -3.36. The second kappa shape index (κ2) is 5.32. The maximum Gasteiger partial charge on any atom is 0.238 e. The standard InChI is InChI=1S/C19H13N3O4S/c20-27(24,25)13-9-14-18-17(10-13)26-16-7-2-1-6-15(16)22(18)19(21-14)11-4-3-5-12(23)8-11/h1-10,23H,(H2,20,24,25). The van der Waals surface area contributed by atoms with Gasteiger partial charge in [-0.1, -0.05) is 24.3 Å². The van der Waals surface area contributed by atoms with E-state index in [1.54, 1.807) is 24.3 Å². The first-order valence-corrected chi connectivity index (χ1v) is 9.62. The maximum absolute atomic E-state index is 11.9. The van der Waals surface area contributed by atoms with Crippen LogP contribution >= 0.6 is 0 Å². The number of aromatic hydroxyl groups is 1. The molecule has 1 aliphatic heterocycles. The number of hydrogen-bond donors (Lipinski definition) is 2. The Kier molecular flexibility index (Phi) is 3.13. The van der Waals surface area contributed by atoms with Crippen molar-refractivity contribution in [3.05, 3.63) is 60.7 Å². The van der Waals surface area contributed by atoms with Crippen LogP contribution in [0.1, 0.15) is 0 Å². The van der Waals surface area contributed by atoms with Crippen LogP contribution in [0.2, 0.25) is 0 Å². The molecule has 0 saturated carbocycles. The van der Waals surface area contributed by atoms with Gasteiger partial charge in [-0.05, 0) is 30.3 Å². The van der Waals surface area contributed by atoms with E-state index in [2.05, 4.69) is 4.98 Å². The largest absolute Gasteiger partial charge is 0.508 e. The monoisotopic (exact) mass is 379 g/mol. The molecule has 7 nitrogen and oxygen atoms in total. The first-order chi connectivity index (χ1) is 12.9. The van der Waals surface area contributed by atoms with Crippen LogP contribution in [0.4, 0.5) is 0 Å². The van der Waals surface area contributed by atoms with Gasteiger partial charge in [0.25, 0.3) is 0 Å². The first-order valence-electron chi connectivity index (χ1n) is 8.08. The van der Waals surface area contributed by atoms with Crippen LogP contribution in [0.5, 0.6) is 17.2 Å². The van der Waals surface area contributed by atoms with Crippen molar-refractivity contribution < 1.29 is 18.3 Å². The summed E-state index contributed by atoms with van der Waals surface area (Å²) < 4.78 is 31.6. The quantitative estimate of drug-likeness (QED) is 0.490. The van der Waals surface area contributed by atoms with Crippen LogP contribution in [0, 0.1) is 0 Å². The van der Waals surface area contributed by atoms with E-state index < -0.39 is 10.0 Å². The van der Waals surface area contributed by atoms with Crippen molar-refractivity contribution in [3.8, 4) is 34.3 Å². The highest BCUT2D eigenvalue weighted by Gasteiger charge is 2.27. The van der Waals surface area contributed by atoms with Crippen molar-refractivity contribution in [1.29, 1.82) is 0 Å². The van der Waals surface area contributed by atoms with E-state index in [-0.39, 0.29) is 10.6 Å². The van der Waals surface area contributed by atoms with E-state index in [1.807, 2.05) is 28.8 Å². The van der Waals surface area contributed by atoms with Gasteiger partial charge in [0, 0.05) is 11.6 Å². The van der Waals surface area contributed by atoms with Gasteiger partial charge in [-0.15, -0.1) is 0 Å². The zero-order valence-corrected chi connectivity index (χ0v) is 14.6. The number of phenolic OH excluding ortho intramolecular Hbond substituents is 1. The number of nitrogens with zero attached hydrogens (tertiary/aromatic N) is 2. The van der Waals surface area contributed by atoms with Gasteiger partial charge < -0.3 is 9.84 Å². The molecule has 27 heavy (non-hydrogen) atoms. The molecular formula is C19H13N3O4S. The van der Waals surface area contributed by atoms with Gasteiger partial charge in [-0.2, -0.15) is 0 Å². The lowest BCUT2D eigenvalue weighted by Crippen LogP contribution is -2.13. The topological polar surface area (TPSA) is 107 Å². The van der Waals surface area contributed by atoms with E-state index in [0.29, 0.717) is 33.9 Å². The fourth-order valence-electron chi connectivity index (χ4n) is 3.31. The molecule has 0 saturated heterocycles. The van der Waals surface area contributed by atoms with Gasteiger partial charge >= 0.3 is 0 Å². The highest BCUT2D eigenvalue weighted by Crippen LogP contribution is 2.44.